The third kappa shape index (κ3) is 34.5. The number of hydrogen-bond donors (Lipinski definition) is 1. The first-order chi connectivity index (χ1) is 22.8. The summed E-state index contributed by atoms with van der Waals surface area (Å²) in [6.45, 7) is 3.87. The Morgan fingerprint density at radius 1 is 0.574 bits per heavy atom. The van der Waals surface area contributed by atoms with Gasteiger partial charge in [0.2, 0.25) is 0 Å². The summed E-state index contributed by atoms with van der Waals surface area (Å²) in [5, 5.41) is 0. The molecule has 47 heavy (non-hydrogen) atoms. The fraction of sp³-hybridized carbons (Fsp3) is 0.895. The van der Waals surface area contributed by atoms with E-state index in [1.54, 1.807) is 0 Å². The molecule has 0 aromatic heterocycles. The molecule has 0 heterocycles. The summed E-state index contributed by atoms with van der Waals surface area (Å²) in [7, 11) is -3.19. The fourth-order valence-electron chi connectivity index (χ4n) is 5.48. The van der Waals surface area contributed by atoms with Crippen molar-refractivity contribution in [2.45, 2.75) is 200 Å². The van der Waals surface area contributed by atoms with Crippen LogP contribution in [0.25, 0.3) is 0 Å². The molecule has 0 aliphatic rings. The molecule has 278 valence electrons. The van der Waals surface area contributed by atoms with Gasteiger partial charge >= 0.3 is 19.8 Å². The lowest BCUT2D eigenvalue weighted by molar-refractivity contribution is -0.161. The lowest BCUT2D eigenvalue weighted by Gasteiger charge is -2.19. The molecule has 8 nitrogen and oxygen atoms in total. The number of esters is 2. The molecule has 0 aliphatic heterocycles. The molecule has 1 N–H and O–H groups in total. The Balaban J connectivity index is 4.04. The minimum Gasteiger partial charge on any atom is -0.462 e. The zero-order valence-corrected chi connectivity index (χ0v) is 31.6. The van der Waals surface area contributed by atoms with Crippen molar-refractivity contribution in [3.05, 3.63) is 12.2 Å². The van der Waals surface area contributed by atoms with E-state index in [0.29, 0.717) is 12.8 Å². The van der Waals surface area contributed by atoms with Crippen LogP contribution in [0.5, 0.6) is 0 Å². The van der Waals surface area contributed by atoms with Crippen molar-refractivity contribution in [3.8, 4) is 0 Å². The van der Waals surface area contributed by atoms with Crippen LogP contribution in [-0.2, 0) is 32.7 Å². The van der Waals surface area contributed by atoms with E-state index in [1.807, 2.05) is 0 Å². The van der Waals surface area contributed by atoms with E-state index >= 15 is 0 Å². The van der Waals surface area contributed by atoms with Crippen LogP contribution in [0.2, 0.25) is 0 Å². The fourth-order valence-corrected chi connectivity index (χ4v) is 5.94. The molecule has 0 amide bonds. The van der Waals surface area contributed by atoms with E-state index in [0.717, 1.165) is 58.5 Å². The molecule has 0 bridgehead atoms. The maximum Gasteiger partial charge on any atom is 0.472 e. The number of ether oxygens (including phenoxy) is 2. The van der Waals surface area contributed by atoms with E-state index in [-0.39, 0.29) is 19.0 Å². The first-order valence-electron chi connectivity index (χ1n) is 19.4. The second-order valence-corrected chi connectivity index (χ2v) is 14.6. The molecule has 0 aliphatic carbocycles. The highest BCUT2D eigenvalue weighted by Crippen LogP contribution is 2.42. The maximum atomic E-state index is 12.4. The van der Waals surface area contributed by atoms with Crippen LogP contribution in [0, 0.1) is 0 Å². The maximum absolute atomic E-state index is 12.4. The average molecular weight is 689 g/mol. The minimum atomic E-state index is -4.25. The highest BCUT2D eigenvalue weighted by atomic mass is 31.2. The highest BCUT2D eigenvalue weighted by Gasteiger charge is 2.24. The molecular formula is C38H73O8P. The molecule has 0 saturated carbocycles. The van der Waals surface area contributed by atoms with Crippen molar-refractivity contribution < 1.29 is 37.6 Å². The smallest absolute Gasteiger partial charge is 0.462 e. The van der Waals surface area contributed by atoms with Gasteiger partial charge in [-0.3, -0.25) is 18.6 Å². The Morgan fingerprint density at radius 2 is 0.957 bits per heavy atom. The molecule has 0 spiro atoms. The van der Waals surface area contributed by atoms with Crippen LogP contribution in [-0.4, -0.2) is 43.3 Å². The standard InChI is InChI=1S/C38H73O8P/c1-4-6-8-10-12-14-16-18-20-22-24-26-28-30-32-37(39)44-34-36(35-45-47(41,42)43-3)46-38(40)33-31-29-27-25-23-21-19-17-15-13-11-9-7-5-2/h17,19,36H,4-16,18,20-35H2,1-3H3,(H,41,42)/b19-17-. The van der Waals surface area contributed by atoms with Gasteiger partial charge in [-0.05, 0) is 38.5 Å². The molecule has 0 rings (SSSR count). The van der Waals surface area contributed by atoms with E-state index in [4.69, 9.17) is 14.0 Å². The Hall–Kier alpha value is -1.21. The van der Waals surface area contributed by atoms with Crippen LogP contribution in [0.15, 0.2) is 12.2 Å². The molecule has 2 unspecified atom stereocenters. The molecule has 0 saturated heterocycles. The highest BCUT2D eigenvalue weighted by molar-refractivity contribution is 7.47. The Morgan fingerprint density at radius 3 is 1.38 bits per heavy atom. The third-order valence-electron chi connectivity index (χ3n) is 8.51. The van der Waals surface area contributed by atoms with Crippen molar-refractivity contribution in [1.82, 2.24) is 0 Å². The normalized spacial score (nSPS) is 13.5. The number of hydrogen-bond acceptors (Lipinski definition) is 7. The summed E-state index contributed by atoms with van der Waals surface area (Å²) >= 11 is 0. The zero-order chi connectivity index (χ0) is 34.7. The van der Waals surface area contributed by atoms with Crippen LogP contribution < -0.4 is 0 Å². The lowest BCUT2D eigenvalue weighted by atomic mass is 10.0. The number of allylic oxidation sites excluding steroid dienone is 2. The molecule has 2 atom stereocenters. The molecule has 0 aromatic carbocycles. The van der Waals surface area contributed by atoms with Crippen molar-refractivity contribution >= 4 is 19.8 Å². The summed E-state index contributed by atoms with van der Waals surface area (Å²) in [5.41, 5.74) is 0. The van der Waals surface area contributed by atoms with Gasteiger partial charge in [0.1, 0.15) is 6.61 Å². The van der Waals surface area contributed by atoms with Gasteiger partial charge in [-0.1, -0.05) is 154 Å². The second-order valence-electron chi connectivity index (χ2n) is 13.1. The number of phosphoric acid groups is 1. The van der Waals surface area contributed by atoms with Gasteiger partial charge in [-0.25, -0.2) is 4.57 Å². The van der Waals surface area contributed by atoms with Crippen LogP contribution in [0.3, 0.4) is 0 Å². The van der Waals surface area contributed by atoms with E-state index in [2.05, 4.69) is 30.5 Å². The Bertz CT molecular complexity index is 788. The summed E-state index contributed by atoms with van der Waals surface area (Å²) in [4.78, 5) is 34.3. The number of carbonyl (C=O) groups excluding carboxylic acids is 2. The molecule has 0 aromatic rings. The topological polar surface area (TPSA) is 108 Å². The van der Waals surface area contributed by atoms with Gasteiger partial charge in [0.25, 0.3) is 0 Å². The van der Waals surface area contributed by atoms with Gasteiger partial charge in [-0.15, -0.1) is 0 Å². The second kappa shape index (κ2) is 34.6. The molecule has 0 radical (unpaired) electrons. The number of carbonyl (C=O) groups is 2. The summed E-state index contributed by atoms with van der Waals surface area (Å²) in [6.07, 6.45) is 35.4. The van der Waals surface area contributed by atoms with Gasteiger partial charge in [-0.2, -0.15) is 0 Å². The van der Waals surface area contributed by atoms with Gasteiger partial charge in [0.15, 0.2) is 6.10 Å². The van der Waals surface area contributed by atoms with Crippen molar-refractivity contribution in [1.29, 1.82) is 0 Å². The monoisotopic (exact) mass is 689 g/mol. The Kier molecular flexibility index (Phi) is 33.8. The zero-order valence-electron chi connectivity index (χ0n) is 30.7. The summed E-state index contributed by atoms with van der Waals surface area (Å²) in [5.74, 6) is -0.806. The quantitative estimate of drug-likeness (QED) is 0.0300. The number of rotatable bonds is 36. The molecule has 9 heteroatoms. The van der Waals surface area contributed by atoms with Crippen LogP contribution >= 0.6 is 7.82 Å². The van der Waals surface area contributed by atoms with E-state index in [9.17, 15) is 19.0 Å². The molecular weight excluding hydrogens is 615 g/mol. The average Bonchev–Trinajstić information content (AvgIpc) is 3.06. The van der Waals surface area contributed by atoms with Crippen LogP contribution in [0.4, 0.5) is 0 Å². The lowest BCUT2D eigenvalue weighted by Crippen LogP contribution is -2.29. The summed E-state index contributed by atoms with van der Waals surface area (Å²) < 4.78 is 31.9. The van der Waals surface area contributed by atoms with Crippen molar-refractivity contribution in [2.75, 3.05) is 20.3 Å². The van der Waals surface area contributed by atoms with Crippen molar-refractivity contribution in [3.63, 3.8) is 0 Å². The first kappa shape index (κ1) is 45.8. The third-order valence-corrected chi connectivity index (χ3v) is 9.45. The van der Waals surface area contributed by atoms with Crippen LogP contribution in [0.1, 0.15) is 194 Å². The van der Waals surface area contributed by atoms with Gasteiger partial charge < -0.3 is 14.4 Å². The van der Waals surface area contributed by atoms with E-state index < -0.39 is 26.5 Å². The Labute approximate surface area is 289 Å². The largest absolute Gasteiger partial charge is 0.472 e. The number of unbranched alkanes of at least 4 members (excludes halogenated alkanes) is 23. The van der Waals surface area contributed by atoms with E-state index in [1.165, 1.54) is 109 Å². The predicted octanol–water partition coefficient (Wildman–Crippen LogP) is 11.7. The van der Waals surface area contributed by atoms with Gasteiger partial charge in [0, 0.05) is 20.0 Å². The van der Waals surface area contributed by atoms with Crippen molar-refractivity contribution in [2.24, 2.45) is 0 Å². The molecule has 0 fully saturated rings. The SMILES string of the molecule is CCCCCCC/C=C\CCCCCCCC(=O)OC(COC(=O)CCCCCCCCCCCCCCCC)COP(=O)(O)OC. The summed E-state index contributed by atoms with van der Waals surface area (Å²) in [6, 6.07) is 0. The van der Waals surface area contributed by atoms with Gasteiger partial charge in [0.05, 0.1) is 6.61 Å². The first-order valence-corrected chi connectivity index (χ1v) is 20.9. The minimum absolute atomic E-state index is 0.223. The number of phosphoric ester groups is 1. The predicted molar refractivity (Wildman–Crippen MR) is 193 cm³/mol.